The number of nitrogens with one attached hydrogen (secondary N) is 2. The highest BCUT2D eigenvalue weighted by Gasteiger charge is 2.08. The van der Waals surface area contributed by atoms with Gasteiger partial charge < -0.3 is 15.1 Å². The van der Waals surface area contributed by atoms with Crippen LogP contribution in [0.1, 0.15) is 5.89 Å². The molecule has 0 bridgehead atoms. The monoisotopic (exact) mass is 316 g/mol. The molecular weight excluding hydrogens is 307 g/mol. The first kappa shape index (κ1) is 12.3. The number of halogens is 2. The Hall–Kier alpha value is -1.11. The summed E-state index contributed by atoms with van der Waals surface area (Å²) in [6, 6.07) is 5.81. The molecule has 0 aliphatic carbocycles. The third-order valence-electron chi connectivity index (χ3n) is 1.99. The Morgan fingerprint density at radius 3 is 3.00 bits per heavy atom. The van der Waals surface area contributed by atoms with Gasteiger partial charge in [0.2, 0.25) is 5.89 Å². The highest BCUT2D eigenvalue weighted by Crippen LogP contribution is 2.31. The van der Waals surface area contributed by atoms with E-state index >= 15 is 0 Å². The van der Waals surface area contributed by atoms with E-state index in [0.29, 0.717) is 23.5 Å². The molecule has 0 saturated carbocycles. The van der Waals surface area contributed by atoms with Gasteiger partial charge in [0, 0.05) is 0 Å². The van der Waals surface area contributed by atoms with E-state index in [1.807, 2.05) is 19.2 Å². The first-order valence-corrected chi connectivity index (χ1v) is 6.06. The molecule has 0 atom stereocenters. The summed E-state index contributed by atoms with van der Waals surface area (Å²) >= 11 is 9.35. The number of benzene rings is 1. The Morgan fingerprint density at radius 1 is 1.41 bits per heavy atom. The lowest BCUT2D eigenvalue weighted by atomic mass is 10.3. The van der Waals surface area contributed by atoms with Gasteiger partial charge in [-0.05, 0) is 35.1 Å². The molecule has 90 valence electrons. The maximum Gasteiger partial charge on any atom is 0.320 e. The van der Waals surface area contributed by atoms with Crippen LogP contribution in [0.3, 0.4) is 0 Å². The van der Waals surface area contributed by atoms with Crippen LogP contribution in [-0.2, 0) is 6.54 Å². The van der Waals surface area contributed by atoms with Crippen LogP contribution in [0.4, 0.5) is 11.7 Å². The molecule has 2 aromatic rings. The standard InChI is InChI=1S/C10H10BrClN4O/c1-13-5-8-15-16-10(17-8)14-7-4-2-3-6(12)9(7)11/h2-4,13H,5H2,1H3,(H,14,16). The second kappa shape index (κ2) is 5.48. The number of hydrogen-bond donors (Lipinski definition) is 2. The van der Waals surface area contributed by atoms with E-state index in [-0.39, 0.29) is 0 Å². The van der Waals surface area contributed by atoms with E-state index in [0.717, 1.165) is 10.2 Å². The minimum absolute atomic E-state index is 0.332. The van der Waals surface area contributed by atoms with Gasteiger partial charge in [0.25, 0.3) is 0 Å². The summed E-state index contributed by atoms with van der Waals surface area (Å²) in [6.07, 6.45) is 0. The SMILES string of the molecule is CNCc1nnc(Nc2cccc(Cl)c2Br)o1. The minimum Gasteiger partial charge on any atom is -0.406 e. The van der Waals surface area contributed by atoms with Crippen LogP contribution in [0.2, 0.25) is 5.02 Å². The number of hydrogen-bond acceptors (Lipinski definition) is 5. The van der Waals surface area contributed by atoms with Crippen LogP contribution in [-0.4, -0.2) is 17.2 Å². The Morgan fingerprint density at radius 2 is 2.24 bits per heavy atom. The molecule has 0 aliphatic rings. The maximum absolute atomic E-state index is 5.97. The van der Waals surface area contributed by atoms with Crippen molar-refractivity contribution in [3.8, 4) is 0 Å². The Kier molecular flexibility index (Phi) is 3.98. The van der Waals surface area contributed by atoms with Gasteiger partial charge in [-0.25, -0.2) is 0 Å². The molecule has 0 spiro atoms. The second-order valence-corrected chi connectivity index (χ2v) is 4.46. The number of aromatic nitrogens is 2. The van der Waals surface area contributed by atoms with Crippen LogP contribution in [0.15, 0.2) is 27.1 Å². The van der Waals surface area contributed by atoms with Crippen molar-refractivity contribution in [1.82, 2.24) is 15.5 Å². The Balaban J connectivity index is 2.16. The van der Waals surface area contributed by atoms with Crippen LogP contribution in [0.5, 0.6) is 0 Å². The lowest BCUT2D eigenvalue weighted by molar-refractivity contribution is 0.493. The summed E-state index contributed by atoms with van der Waals surface area (Å²) in [7, 11) is 1.81. The molecule has 2 N–H and O–H groups in total. The fourth-order valence-electron chi connectivity index (χ4n) is 1.24. The average Bonchev–Trinajstić information content (AvgIpc) is 2.73. The first-order valence-electron chi connectivity index (χ1n) is 4.88. The molecule has 5 nitrogen and oxygen atoms in total. The zero-order valence-corrected chi connectivity index (χ0v) is 11.3. The molecule has 2 rings (SSSR count). The van der Waals surface area contributed by atoms with Gasteiger partial charge in [0.15, 0.2) is 0 Å². The molecule has 1 aromatic carbocycles. The summed E-state index contributed by atoms with van der Waals surface area (Å²) in [6.45, 7) is 0.533. The molecule has 1 aromatic heterocycles. The third kappa shape index (κ3) is 2.96. The third-order valence-corrected chi connectivity index (χ3v) is 3.39. The molecule has 0 amide bonds. The average molecular weight is 318 g/mol. The molecule has 0 fully saturated rings. The van der Waals surface area contributed by atoms with Crippen LogP contribution in [0, 0.1) is 0 Å². The zero-order valence-electron chi connectivity index (χ0n) is 9.00. The van der Waals surface area contributed by atoms with Crippen LogP contribution < -0.4 is 10.6 Å². The van der Waals surface area contributed by atoms with Crippen molar-refractivity contribution in [2.24, 2.45) is 0 Å². The normalized spacial score (nSPS) is 10.5. The van der Waals surface area contributed by atoms with E-state index in [9.17, 15) is 0 Å². The van der Waals surface area contributed by atoms with Gasteiger partial charge in [0.05, 0.1) is 21.7 Å². The fourth-order valence-corrected chi connectivity index (χ4v) is 1.78. The molecule has 0 unspecified atom stereocenters. The van der Waals surface area contributed by atoms with Crippen molar-refractivity contribution in [2.45, 2.75) is 6.54 Å². The smallest absolute Gasteiger partial charge is 0.320 e. The molecule has 0 aliphatic heterocycles. The van der Waals surface area contributed by atoms with Gasteiger partial charge >= 0.3 is 6.01 Å². The molecular formula is C10H10BrClN4O. The Bertz CT molecular complexity index is 517. The number of anilines is 2. The molecule has 0 saturated heterocycles. The molecule has 0 radical (unpaired) electrons. The largest absolute Gasteiger partial charge is 0.406 e. The molecule has 1 heterocycles. The van der Waals surface area contributed by atoms with Gasteiger partial charge in [0.1, 0.15) is 0 Å². The second-order valence-electron chi connectivity index (χ2n) is 3.26. The van der Waals surface area contributed by atoms with Gasteiger partial charge in [-0.1, -0.05) is 22.8 Å². The summed E-state index contributed by atoms with van der Waals surface area (Å²) < 4.78 is 6.12. The maximum atomic E-state index is 5.97. The van der Waals surface area contributed by atoms with E-state index in [4.69, 9.17) is 16.0 Å². The highest BCUT2D eigenvalue weighted by molar-refractivity contribution is 9.10. The molecule has 17 heavy (non-hydrogen) atoms. The predicted molar refractivity (Wildman–Crippen MR) is 69.5 cm³/mol. The summed E-state index contributed by atoms with van der Waals surface area (Å²) in [4.78, 5) is 0. The number of rotatable bonds is 4. The van der Waals surface area contributed by atoms with Crippen molar-refractivity contribution >= 4 is 39.2 Å². The quantitative estimate of drug-likeness (QED) is 0.908. The predicted octanol–water partition coefficient (Wildman–Crippen LogP) is 2.95. The summed E-state index contributed by atoms with van der Waals surface area (Å²) in [5.41, 5.74) is 0.775. The van der Waals surface area contributed by atoms with Crippen LogP contribution in [0.25, 0.3) is 0 Å². The van der Waals surface area contributed by atoms with Crippen LogP contribution >= 0.6 is 27.5 Å². The topological polar surface area (TPSA) is 63.0 Å². The zero-order chi connectivity index (χ0) is 12.3. The molecule has 7 heteroatoms. The Labute approximate surface area is 112 Å². The van der Waals surface area contributed by atoms with Crippen molar-refractivity contribution in [1.29, 1.82) is 0 Å². The van der Waals surface area contributed by atoms with Gasteiger partial charge in [-0.3, -0.25) is 0 Å². The van der Waals surface area contributed by atoms with E-state index in [1.165, 1.54) is 0 Å². The van der Waals surface area contributed by atoms with Crippen molar-refractivity contribution in [3.05, 3.63) is 33.6 Å². The van der Waals surface area contributed by atoms with Crippen molar-refractivity contribution in [2.75, 3.05) is 12.4 Å². The van der Waals surface area contributed by atoms with Gasteiger partial charge in [-0.2, -0.15) is 0 Å². The lowest BCUT2D eigenvalue weighted by Gasteiger charge is -2.04. The first-order chi connectivity index (χ1) is 8.20. The van der Waals surface area contributed by atoms with Crippen molar-refractivity contribution < 1.29 is 4.42 Å². The van der Waals surface area contributed by atoms with Crippen molar-refractivity contribution in [3.63, 3.8) is 0 Å². The van der Waals surface area contributed by atoms with E-state index < -0.39 is 0 Å². The lowest BCUT2D eigenvalue weighted by Crippen LogP contribution is -2.04. The van der Waals surface area contributed by atoms with E-state index in [1.54, 1.807) is 6.07 Å². The van der Waals surface area contributed by atoms with E-state index in [2.05, 4.69) is 36.8 Å². The minimum atomic E-state index is 0.332. The summed E-state index contributed by atoms with van der Waals surface area (Å²) in [5, 5.41) is 14.3. The number of nitrogens with zero attached hydrogens (tertiary/aromatic N) is 2. The fraction of sp³-hybridized carbons (Fsp3) is 0.200. The highest BCUT2D eigenvalue weighted by atomic mass is 79.9. The van der Waals surface area contributed by atoms with Gasteiger partial charge in [-0.15, -0.1) is 5.10 Å². The summed E-state index contributed by atoms with van der Waals surface area (Å²) in [5.74, 6) is 0.521.